The van der Waals surface area contributed by atoms with Crippen molar-refractivity contribution in [3.8, 4) is 0 Å². The number of rotatable bonds is 6. The highest BCUT2D eigenvalue weighted by atomic mass is 16.6. The lowest BCUT2D eigenvalue weighted by Gasteiger charge is -2.01. The molecule has 0 radical (unpaired) electrons. The fourth-order valence-corrected chi connectivity index (χ4v) is 2.52. The van der Waals surface area contributed by atoms with Gasteiger partial charge in [0.25, 0.3) is 5.69 Å². The van der Waals surface area contributed by atoms with E-state index in [1.165, 1.54) is 24.3 Å². The number of non-ortho nitro benzene ring substituents is 1. The number of nitro benzene ring substituents is 1. The SMILES string of the molecule is CCOC(=O)c1[nH]c(C)c(C(=O)/C=C/c2cccc([N+](=O)[O-])c2)c1C. The maximum atomic E-state index is 12.5. The second-order valence-corrected chi connectivity index (χ2v) is 5.40. The molecular formula is C18H18N2O5. The minimum Gasteiger partial charge on any atom is -0.461 e. The summed E-state index contributed by atoms with van der Waals surface area (Å²) in [5, 5.41) is 10.8. The molecule has 0 saturated carbocycles. The fourth-order valence-electron chi connectivity index (χ4n) is 2.52. The predicted octanol–water partition coefficient (Wildman–Crippen LogP) is 3.61. The number of H-pyrrole nitrogens is 1. The monoisotopic (exact) mass is 342 g/mol. The number of hydrogen-bond acceptors (Lipinski definition) is 5. The molecule has 1 aromatic carbocycles. The Balaban J connectivity index is 2.28. The van der Waals surface area contributed by atoms with Crippen LogP contribution < -0.4 is 0 Å². The smallest absolute Gasteiger partial charge is 0.355 e. The molecule has 0 atom stereocenters. The first-order chi connectivity index (χ1) is 11.8. The summed E-state index contributed by atoms with van der Waals surface area (Å²) >= 11 is 0. The average Bonchev–Trinajstić information content (AvgIpc) is 2.88. The Kier molecular flexibility index (Phi) is 5.49. The van der Waals surface area contributed by atoms with E-state index in [1.54, 1.807) is 32.9 Å². The minimum atomic E-state index is -0.509. The van der Waals surface area contributed by atoms with Gasteiger partial charge < -0.3 is 9.72 Å². The molecule has 2 aromatic rings. The highest BCUT2D eigenvalue weighted by Gasteiger charge is 2.21. The van der Waals surface area contributed by atoms with Crippen molar-refractivity contribution in [1.29, 1.82) is 0 Å². The van der Waals surface area contributed by atoms with Crippen LogP contribution in [0.15, 0.2) is 30.3 Å². The Morgan fingerprint density at radius 1 is 1.32 bits per heavy atom. The number of ether oxygens (including phenoxy) is 1. The molecule has 1 heterocycles. The summed E-state index contributed by atoms with van der Waals surface area (Å²) in [6.07, 6.45) is 2.84. The van der Waals surface area contributed by atoms with Gasteiger partial charge in [0.15, 0.2) is 5.78 Å². The van der Waals surface area contributed by atoms with E-state index in [1.807, 2.05) is 0 Å². The fraction of sp³-hybridized carbons (Fsp3) is 0.222. The molecule has 0 amide bonds. The van der Waals surface area contributed by atoms with Crippen molar-refractivity contribution < 1.29 is 19.2 Å². The number of aromatic amines is 1. The molecule has 7 nitrogen and oxygen atoms in total. The summed E-state index contributed by atoms with van der Waals surface area (Å²) in [6, 6.07) is 5.97. The van der Waals surface area contributed by atoms with Gasteiger partial charge in [-0.3, -0.25) is 14.9 Å². The first kappa shape index (κ1) is 18.1. The number of carbonyl (C=O) groups is 2. The molecule has 1 aromatic heterocycles. The van der Waals surface area contributed by atoms with Crippen molar-refractivity contribution in [2.24, 2.45) is 0 Å². The van der Waals surface area contributed by atoms with Crippen molar-refractivity contribution in [1.82, 2.24) is 4.98 Å². The number of aromatic nitrogens is 1. The maximum Gasteiger partial charge on any atom is 0.355 e. The average molecular weight is 342 g/mol. The Bertz CT molecular complexity index is 864. The van der Waals surface area contributed by atoms with Crippen LogP contribution in [0.2, 0.25) is 0 Å². The van der Waals surface area contributed by atoms with Crippen molar-refractivity contribution >= 4 is 23.5 Å². The van der Waals surface area contributed by atoms with Gasteiger partial charge in [0.2, 0.25) is 0 Å². The molecule has 0 aliphatic heterocycles. The number of ketones is 1. The van der Waals surface area contributed by atoms with Gasteiger partial charge >= 0.3 is 5.97 Å². The number of benzene rings is 1. The molecule has 130 valence electrons. The second kappa shape index (κ2) is 7.57. The molecule has 0 aliphatic carbocycles. The van der Waals surface area contributed by atoms with E-state index in [4.69, 9.17) is 4.74 Å². The molecule has 0 fully saturated rings. The predicted molar refractivity (Wildman–Crippen MR) is 92.7 cm³/mol. The zero-order chi connectivity index (χ0) is 18.6. The lowest BCUT2D eigenvalue weighted by molar-refractivity contribution is -0.384. The van der Waals surface area contributed by atoms with E-state index in [9.17, 15) is 19.7 Å². The van der Waals surface area contributed by atoms with E-state index < -0.39 is 10.9 Å². The van der Waals surface area contributed by atoms with E-state index in [2.05, 4.69) is 4.98 Å². The van der Waals surface area contributed by atoms with Gasteiger partial charge in [0, 0.05) is 23.4 Å². The van der Waals surface area contributed by atoms with Crippen LogP contribution in [0.25, 0.3) is 6.08 Å². The van der Waals surface area contributed by atoms with Crippen LogP contribution in [0.3, 0.4) is 0 Å². The molecule has 0 saturated heterocycles. The van der Waals surface area contributed by atoms with E-state index >= 15 is 0 Å². The summed E-state index contributed by atoms with van der Waals surface area (Å²) in [7, 11) is 0. The Morgan fingerprint density at radius 2 is 2.04 bits per heavy atom. The normalized spacial score (nSPS) is 10.8. The van der Waals surface area contributed by atoms with Crippen molar-refractivity contribution in [2.75, 3.05) is 6.61 Å². The second-order valence-electron chi connectivity index (χ2n) is 5.40. The molecule has 0 bridgehead atoms. The first-order valence-corrected chi connectivity index (χ1v) is 7.68. The number of carbonyl (C=O) groups excluding carboxylic acids is 2. The summed E-state index contributed by atoms with van der Waals surface area (Å²) in [6.45, 7) is 5.32. The van der Waals surface area contributed by atoms with Gasteiger partial charge in [-0.15, -0.1) is 0 Å². The van der Waals surface area contributed by atoms with Gasteiger partial charge in [-0.05, 0) is 38.0 Å². The number of nitro groups is 1. The van der Waals surface area contributed by atoms with Gasteiger partial charge in [-0.1, -0.05) is 18.2 Å². The van der Waals surface area contributed by atoms with Crippen LogP contribution in [-0.2, 0) is 4.74 Å². The van der Waals surface area contributed by atoms with E-state index in [0.717, 1.165) is 0 Å². The largest absolute Gasteiger partial charge is 0.461 e. The standard InChI is InChI=1S/C18H18N2O5/c1-4-25-18(22)17-11(2)16(12(3)19-17)15(21)9-8-13-6-5-7-14(10-13)20(23)24/h5-10,19H,4H2,1-3H3/b9-8+. The summed E-state index contributed by atoms with van der Waals surface area (Å²) in [5.41, 5.74) is 2.22. The molecule has 1 N–H and O–H groups in total. The topological polar surface area (TPSA) is 102 Å². The quantitative estimate of drug-likeness (QED) is 0.284. The third kappa shape index (κ3) is 4.00. The van der Waals surface area contributed by atoms with Gasteiger partial charge in [0.1, 0.15) is 5.69 Å². The highest BCUT2D eigenvalue weighted by Crippen LogP contribution is 2.21. The lowest BCUT2D eigenvalue weighted by Crippen LogP contribution is -2.07. The van der Waals surface area contributed by atoms with E-state index in [0.29, 0.717) is 22.4 Å². The van der Waals surface area contributed by atoms with E-state index in [-0.39, 0.29) is 23.8 Å². The molecule has 7 heteroatoms. The number of nitrogens with zero attached hydrogens (tertiary/aromatic N) is 1. The highest BCUT2D eigenvalue weighted by molar-refractivity contribution is 6.10. The first-order valence-electron chi connectivity index (χ1n) is 7.68. The Morgan fingerprint density at radius 3 is 2.68 bits per heavy atom. The number of aryl methyl sites for hydroxylation is 1. The number of esters is 1. The minimum absolute atomic E-state index is 0.0480. The van der Waals surface area contributed by atoms with Crippen molar-refractivity contribution in [3.63, 3.8) is 0 Å². The van der Waals surface area contributed by atoms with Crippen molar-refractivity contribution in [3.05, 3.63) is 68.5 Å². The Labute approximate surface area is 144 Å². The van der Waals surface area contributed by atoms with Crippen molar-refractivity contribution in [2.45, 2.75) is 20.8 Å². The van der Waals surface area contributed by atoms with Gasteiger partial charge in [0.05, 0.1) is 11.5 Å². The van der Waals surface area contributed by atoms with Crippen LogP contribution in [0.5, 0.6) is 0 Å². The number of hydrogen-bond donors (Lipinski definition) is 1. The number of nitrogens with one attached hydrogen (secondary N) is 1. The third-order valence-corrected chi connectivity index (χ3v) is 3.67. The molecule has 25 heavy (non-hydrogen) atoms. The maximum absolute atomic E-state index is 12.5. The summed E-state index contributed by atoms with van der Waals surface area (Å²) in [5.74, 6) is -0.807. The van der Waals surface area contributed by atoms with Crippen LogP contribution in [0.1, 0.15) is 44.6 Å². The van der Waals surface area contributed by atoms with Crippen LogP contribution >= 0.6 is 0 Å². The van der Waals surface area contributed by atoms with Gasteiger partial charge in [-0.25, -0.2) is 4.79 Å². The Hall–Kier alpha value is -3.22. The van der Waals surface area contributed by atoms with Crippen LogP contribution in [-0.4, -0.2) is 28.3 Å². The third-order valence-electron chi connectivity index (χ3n) is 3.67. The van der Waals surface area contributed by atoms with Gasteiger partial charge in [-0.2, -0.15) is 0 Å². The summed E-state index contributed by atoms with van der Waals surface area (Å²) in [4.78, 5) is 37.5. The van der Waals surface area contributed by atoms with Crippen LogP contribution in [0.4, 0.5) is 5.69 Å². The zero-order valence-corrected chi connectivity index (χ0v) is 14.2. The molecule has 0 aliphatic rings. The molecule has 0 spiro atoms. The zero-order valence-electron chi connectivity index (χ0n) is 14.2. The molecule has 0 unspecified atom stereocenters. The summed E-state index contributed by atoms with van der Waals surface area (Å²) < 4.78 is 4.96. The number of allylic oxidation sites excluding steroid dienone is 1. The lowest BCUT2D eigenvalue weighted by atomic mass is 10.0. The molecule has 2 rings (SSSR count). The molecular weight excluding hydrogens is 324 g/mol. The van der Waals surface area contributed by atoms with Crippen LogP contribution in [0, 0.1) is 24.0 Å².